The topological polar surface area (TPSA) is 69.2 Å². The van der Waals surface area contributed by atoms with Crippen molar-refractivity contribution in [1.82, 2.24) is 0 Å². The van der Waals surface area contributed by atoms with Gasteiger partial charge in [0.05, 0.1) is 4.90 Å². The zero-order valence-corrected chi connectivity index (χ0v) is 22.0. The van der Waals surface area contributed by atoms with Crippen molar-refractivity contribution in [2.24, 2.45) is 0 Å². The Bertz CT molecular complexity index is 645. The van der Waals surface area contributed by atoms with Crippen LogP contribution in [0.3, 0.4) is 0 Å². The second-order valence-electron chi connectivity index (χ2n) is 7.84. The number of anilines is 1. The molecule has 0 aliphatic carbocycles. The van der Waals surface area contributed by atoms with E-state index < -0.39 is 10.1 Å². The number of benzene rings is 1. The van der Waals surface area contributed by atoms with Crippen LogP contribution in [0.25, 0.3) is 0 Å². The predicted molar refractivity (Wildman–Crippen MR) is 122 cm³/mol. The summed E-state index contributed by atoms with van der Waals surface area (Å²) < 4.78 is 32.7. The molecule has 0 heterocycles. The zero-order valence-electron chi connectivity index (χ0n) is 19.2. The summed E-state index contributed by atoms with van der Waals surface area (Å²) in [5.41, 5.74) is 0.852. The molecule has 1 aromatic carbocycles. The van der Waals surface area contributed by atoms with Gasteiger partial charge in [-0.15, -0.1) is 0 Å². The molecule has 30 heavy (non-hydrogen) atoms. The van der Waals surface area contributed by atoms with Gasteiger partial charge in [-0.05, 0) is 56.4 Å². The van der Waals surface area contributed by atoms with Crippen LogP contribution in [-0.4, -0.2) is 19.5 Å². The number of nitrogens with one attached hydrogen (secondary N) is 1. The molecule has 6 heteroatoms. The van der Waals surface area contributed by atoms with Crippen molar-refractivity contribution in [1.29, 1.82) is 0 Å². The fourth-order valence-electron chi connectivity index (χ4n) is 3.34. The molecule has 0 saturated carbocycles. The minimum Gasteiger partial charge on any atom is -0.744 e. The summed E-state index contributed by atoms with van der Waals surface area (Å²) >= 11 is 0. The van der Waals surface area contributed by atoms with Crippen molar-refractivity contribution < 1.29 is 42.5 Å². The molecule has 0 fully saturated rings. The largest absolute Gasteiger partial charge is 1.00 e. The number of rotatable bonds is 18. The van der Waals surface area contributed by atoms with Crippen LogP contribution < -0.4 is 34.9 Å². The fraction of sp³-hybridized carbons (Fsp3) is 0.667. The molecule has 0 unspecified atom stereocenters. The van der Waals surface area contributed by atoms with E-state index in [1.165, 1.54) is 95.6 Å². The number of unbranched alkanes of at least 4 members (excludes halogenated alkanes) is 12. The molecule has 0 atom stereocenters. The van der Waals surface area contributed by atoms with Crippen molar-refractivity contribution in [3.05, 3.63) is 36.4 Å². The number of hydrogen-bond acceptors (Lipinski definition) is 4. The summed E-state index contributed by atoms with van der Waals surface area (Å²) in [7, 11) is -4.35. The van der Waals surface area contributed by atoms with Crippen LogP contribution in [0.4, 0.5) is 5.69 Å². The summed E-state index contributed by atoms with van der Waals surface area (Å²) in [6, 6.07) is 6.00. The predicted octanol–water partition coefficient (Wildman–Crippen LogP) is 4.04. The Hall–Kier alpha value is -0.330. The third kappa shape index (κ3) is 16.4. The van der Waals surface area contributed by atoms with Crippen molar-refractivity contribution >= 4 is 15.8 Å². The first kappa shape index (κ1) is 29.7. The maximum atomic E-state index is 10.9. The average Bonchev–Trinajstić information content (AvgIpc) is 2.70. The minimum absolute atomic E-state index is 0. The van der Waals surface area contributed by atoms with E-state index in [0.29, 0.717) is 0 Å². The number of hydrogen-bond donors (Lipinski definition) is 1. The van der Waals surface area contributed by atoms with Crippen LogP contribution in [-0.2, 0) is 10.1 Å². The molecule has 1 aromatic rings. The van der Waals surface area contributed by atoms with E-state index in [-0.39, 0.29) is 34.5 Å². The van der Waals surface area contributed by atoms with E-state index in [9.17, 15) is 13.0 Å². The zero-order chi connectivity index (χ0) is 21.2. The Morgan fingerprint density at radius 1 is 0.767 bits per heavy atom. The van der Waals surface area contributed by atoms with Crippen LogP contribution in [0.1, 0.15) is 96.8 Å². The second kappa shape index (κ2) is 19.4. The van der Waals surface area contributed by atoms with Crippen molar-refractivity contribution in [2.45, 2.75) is 102 Å². The molecule has 0 aliphatic heterocycles. The molecule has 1 rings (SSSR count). The molecule has 166 valence electrons. The summed E-state index contributed by atoms with van der Waals surface area (Å²) in [4.78, 5) is -0.180. The minimum atomic E-state index is -4.35. The van der Waals surface area contributed by atoms with Gasteiger partial charge in [-0.3, -0.25) is 0 Å². The summed E-state index contributed by atoms with van der Waals surface area (Å²) in [5.74, 6) is 0. The molecule has 0 spiro atoms. The smallest absolute Gasteiger partial charge is 0.744 e. The van der Waals surface area contributed by atoms with E-state index in [1.807, 2.05) is 0 Å². The van der Waals surface area contributed by atoms with Crippen LogP contribution in [0.5, 0.6) is 0 Å². The first-order valence-electron chi connectivity index (χ1n) is 11.5. The monoisotopic (exact) mass is 445 g/mol. The molecule has 4 nitrogen and oxygen atoms in total. The Morgan fingerprint density at radius 2 is 1.23 bits per heavy atom. The van der Waals surface area contributed by atoms with E-state index >= 15 is 0 Å². The van der Waals surface area contributed by atoms with Crippen molar-refractivity contribution in [3.8, 4) is 0 Å². The summed E-state index contributed by atoms with van der Waals surface area (Å²) in [6.45, 7) is 3.13. The standard InChI is InChI=1S/C24H41NO3S.Na/c1-2-3-4-5-6-7-8-9-10-11-12-13-14-15-16-17-22-25-23-18-20-24(21-19-23)29(26,27)28;/h9-10,18-21,25H,2-8,11-17,22H2,1H3,(H,26,27,28);/q;+1/p-1/b10-9-;. The third-order valence-electron chi connectivity index (χ3n) is 5.16. The van der Waals surface area contributed by atoms with Gasteiger partial charge in [0.2, 0.25) is 0 Å². The Morgan fingerprint density at radius 3 is 1.73 bits per heavy atom. The van der Waals surface area contributed by atoms with Gasteiger partial charge in [0, 0.05) is 12.2 Å². The Labute approximate surface area is 207 Å². The van der Waals surface area contributed by atoms with Gasteiger partial charge in [0.1, 0.15) is 10.1 Å². The molecule has 0 saturated heterocycles. The maximum absolute atomic E-state index is 10.9. The van der Waals surface area contributed by atoms with Crippen LogP contribution in [0.2, 0.25) is 0 Å². The van der Waals surface area contributed by atoms with Gasteiger partial charge in [-0.25, -0.2) is 8.42 Å². The third-order valence-corrected chi connectivity index (χ3v) is 6.01. The van der Waals surface area contributed by atoms with Gasteiger partial charge in [0.25, 0.3) is 0 Å². The molecule has 0 amide bonds. The number of allylic oxidation sites excluding steroid dienone is 2. The van der Waals surface area contributed by atoms with E-state index in [2.05, 4.69) is 24.4 Å². The van der Waals surface area contributed by atoms with E-state index in [4.69, 9.17) is 0 Å². The van der Waals surface area contributed by atoms with Crippen LogP contribution >= 0.6 is 0 Å². The van der Waals surface area contributed by atoms with Gasteiger partial charge in [-0.1, -0.05) is 76.9 Å². The van der Waals surface area contributed by atoms with E-state index in [1.54, 1.807) is 12.1 Å². The molecule has 1 N–H and O–H groups in total. The van der Waals surface area contributed by atoms with Gasteiger partial charge >= 0.3 is 29.6 Å². The Kier molecular flexibility index (Phi) is 19.1. The molecule has 0 aliphatic rings. The SMILES string of the molecule is CCCCCCCC/C=C\CCCCCCCCNc1ccc(S(=O)(=O)[O-])cc1.[Na+]. The molecule has 0 radical (unpaired) electrons. The normalized spacial score (nSPS) is 11.5. The molecule has 0 bridgehead atoms. The molecular weight excluding hydrogens is 405 g/mol. The summed E-state index contributed by atoms with van der Waals surface area (Å²) in [5, 5.41) is 3.27. The second-order valence-corrected chi connectivity index (χ2v) is 9.22. The summed E-state index contributed by atoms with van der Waals surface area (Å²) in [6.07, 6.45) is 22.9. The first-order valence-corrected chi connectivity index (χ1v) is 12.9. The van der Waals surface area contributed by atoms with Crippen molar-refractivity contribution in [2.75, 3.05) is 11.9 Å². The van der Waals surface area contributed by atoms with Crippen LogP contribution in [0, 0.1) is 0 Å². The maximum Gasteiger partial charge on any atom is 1.00 e. The molecule has 0 aromatic heterocycles. The average molecular weight is 446 g/mol. The van der Waals surface area contributed by atoms with Gasteiger partial charge in [0.15, 0.2) is 0 Å². The quantitative estimate of drug-likeness (QED) is 0.160. The van der Waals surface area contributed by atoms with Gasteiger partial charge in [-0.2, -0.15) is 0 Å². The van der Waals surface area contributed by atoms with Crippen LogP contribution in [0.15, 0.2) is 41.3 Å². The van der Waals surface area contributed by atoms with Crippen molar-refractivity contribution in [3.63, 3.8) is 0 Å². The van der Waals surface area contributed by atoms with E-state index in [0.717, 1.165) is 18.7 Å². The molecular formula is C24H40NNaO3S. The fourth-order valence-corrected chi connectivity index (χ4v) is 3.81. The van der Waals surface area contributed by atoms with Gasteiger partial charge < -0.3 is 9.87 Å². The Balaban J connectivity index is 0.00000841. The first-order chi connectivity index (χ1) is 14.0.